The van der Waals surface area contributed by atoms with Crippen molar-refractivity contribution in [3.63, 3.8) is 0 Å². The van der Waals surface area contributed by atoms with Crippen LogP contribution in [0.3, 0.4) is 0 Å². The Morgan fingerprint density at radius 1 is 1.67 bits per heavy atom. The van der Waals surface area contributed by atoms with Crippen LogP contribution in [0.15, 0.2) is 0 Å². The summed E-state index contributed by atoms with van der Waals surface area (Å²) in [6, 6.07) is 0. The fourth-order valence-corrected chi connectivity index (χ4v) is 0. The Balaban J connectivity index is 0. The van der Waals surface area contributed by atoms with E-state index in [1.807, 2.05) is 0 Å². The van der Waals surface area contributed by atoms with Crippen molar-refractivity contribution in [2.24, 2.45) is 0 Å². The van der Waals surface area contributed by atoms with Crippen molar-refractivity contribution in [2.45, 2.75) is 19.2 Å². The maximum atomic E-state index is 10.8. The minimum absolute atomic E-state index is 0.00694. The molecule has 0 bridgehead atoms. The summed E-state index contributed by atoms with van der Waals surface area (Å²) < 4.78 is 21.6. The molecule has 0 rings (SSSR count). The molecule has 0 unspecified atom stereocenters. The van der Waals surface area contributed by atoms with E-state index in [1.165, 1.54) is 6.92 Å². The Morgan fingerprint density at radius 2 is 1.78 bits per heavy atom. The van der Waals surface area contributed by atoms with E-state index in [0.29, 0.717) is 0 Å². The van der Waals surface area contributed by atoms with Crippen LogP contribution in [0.1, 0.15) is 13.8 Å². The molecule has 0 saturated heterocycles. The molecule has 0 heterocycles. The molecule has 0 aromatic heterocycles. The first-order valence-electron chi connectivity index (χ1n) is 2.08. The quantitative estimate of drug-likeness (QED) is 0.642. The van der Waals surface area contributed by atoms with Crippen LogP contribution in [0, 0.1) is 0 Å². The molecule has 1 N–H and O–H groups in total. The maximum absolute atomic E-state index is 10.8. The third-order valence-corrected chi connectivity index (χ3v) is 0.664. The molecule has 62 valence electrons. The average molecular weight is 191 g/mol. The van der Waals surface area contributed by atoms with Crippen molar-refractivity contribution in [1.82, 2.24) is 0 Å². The van der Waals surface area contributed by atoms with Crippen molar-refractivity contribution in [3.05, 3.63) is 0 Å². The monoisotopic (exact) mass is 190 g/mol. The Hall–Kier alpha value is -0.151. The Bertz CT molecular complexity index is 73.0. The van der Waals surface area contributed by atoms with Gasteiger partial charge in [0.25, 0.3) is 5.97 Å². The molecule has 0 fully saturated rings. The van der Waals surface area contributed by atoms with Crippen LogP contribution in [-0.2, 0) is 19.6 Å². The molecule has 0 aliphatic carbocycles. The van der Waals surface area contributed by atoms with Crippen LogP contribution < -0.4 is 0 Å². The number of halogens is 2. The van der Waals surface area contributed by atoms with Gasteiger partial charge in [-0.05, 0) is 0 Å². The van der Waals surface area contributed by atoms with Crippen LogP contribution in [0.25, 0.3) is 0 Å². The third-order valence-electron chi connectivity index (χ3n) is 0.161. The van der Waals surface area contributed by atoms with Gasteiger partial charge in [0.05, 0.1) is 0 Å². The molecule has 0 aliphatic heterocycles. The SMILES string of the molecule is CC(=O)O.C[CH2][Cu]([F])[F]. The van der Waals surface area contributed by atoms with Gasteiger partial charge in [-0.2, -0.15) is 0 Å². The standard InChI is InChI=1S/C2H4O2.C2H5.Cu.2FH/c1-2(3)4;1-2;;;/h1H3,(H,3,4);1H2,2H3;;2*1H/q;;+2;;/p-2. The van der Waals surface area contributed by atoms with Gasteiger partial charge >= 0.3 is 34.2 Å². The van der Waals surface area contributed by atoms with Crippen LogP contribution in [-0.4, -0.2) is 11.1 Å². The molecule has 0 aromatic carbocycles. The van der Waals surface area contributed by atoms with E-state index in [-0.39, 0.29) is 5.32 Å². The molecule has 2 nitrogen and oxygen atoms in total. The summed E-state index contributed by atoms with van der Waals surface area (Å²) in [5, 5.41) is 7.41. The molecular weight excluding hydrogens is 182 g/mol. The minimum atomic E-state index is -2.27. The summed E-state index contributed by atoms with van der Waals surface area (Å²) >= 11 is -2.27. The van der Waals surface area contributed by atoms with Gasteiger partial charge in [0.1, 0.15) is 0 Å². The normalized spacial score (nSPS) is 9.11. The number of hydrogen-bond donors (Lipinski definition) is 1. The molecule has 0 spiro atoms. The van der Waals surface area contributed by atoms with E-state index in [2.05, 4.69) is 0 Å². The van der Waals surface area contributed by atoms with Crippen LogP contribution in [0.4, 0.5) is 7.10 Å². The summed E-state index contributed by atoms with van der Waals surface area (Å²) in [5.74, 6) is -0.833. The predicted octanol–water partition coefficient (Wildman–Crippen LogP) is 1.90. The summed E-state index contributed by atoms with van der Waals surface area (Å²) in [6.45, 7) is 2.54. The zero-order valence-corrected chi connectivity index (χ0v) is 6.06. The fourth-order valence-electron chi connectivity index (χ4n) is 0. The van der Waals surface area contributed by atoms with Gasteiger partial charge in [-0.3, -0.25) is 4.79 Å². The zero-order valence-electron chi connectivity index (χ0n) is 5.12. The van der Waals surface area contributed by atoms with Crippen molar-refractivity contribution in [1.29, 1.82) is 0 Å². The molecule has 0 atom stereocenters. The molecule has 0 aliphatic rings. The molecule has 0 amide bonds. The Labute approximate surface area is 57.7 Å². The van der Waals surface area contributed by atoms with Gasteiger partial charge in [0.15, 0.2) is 0 Å². The topological polar surface area (TPSA) is 37.3 Å². The number of carboxylic acids is 1. The van der Waals surface area contributed by atoms with Gasteiger partial charge in [0.2, 0.25) is 0 Å². The number of carboxylic acid groups (broad SMARTS) is 1. The second-order valence-corrected chi connectivity index (χ2v) is 2.24. The van der Waals surface area contributed by atoms with Crippen molar-refractivity contribution in [3.8, 4) is 0 Å². The average Bonchev–Trinajstić information content (AvgIpc) is 1.65. The molecule has 0 saturated carbocycles. The van der Waals surface area contributed by atoms with E-state index in [4.69, 9.17) is 9.90 Å². The predicted molar refractivity (Wildman–Crippen MR) is 26.0 cm³/mol. The van der Waals surface area contributed by atoms with Gasteiger partial charge in [-0.1, -0.05) is 0 Å². The van der Waals surface area contributed by atoms with Gasteiger partial charge < -0.3 is 5.11 Å². The second-order valence-electron chi connectivity index (χ2n) is 0.936. The van der Waals surface area contributed by atoms with Crippen LogP contribution >= 0.6 is 0 Å². The zero-order chi connectivity index (χ0) is 7.86. The summed E-state index contributed by atoms with van der Waals surface area (Å²) in [4.78, 5) is 9.00. The number of rotatable bonds is 1. The van der Waals surface area contributed by atoms with Crippen molar-refractivity contribution in [2.75, 3.05) is 0 Å². The fraction of sp³-hybridized carbons (Fsp3) is 0.750. The van der Waals surface area contributed by atoms with Gasteiger partial charge in [-0.25, -0.2) is 0 Å². The van der Waals surface area contributed by atoms with Crippen molar-refractivity contribution >= 4 is 5.97 Å². The third kappa shape index (κ3) is 78.5. The summed E-state index contributed by atoms with van der Waals surface area (Å²) in [6.07, 6.45) is 0. The van der Waals surface area contributed by atoms with E-state index < -0.39 is 20.8 Å². The molecule has 0 radical (unpaired) electrons. The second kappa shape index (κ2) is 7.85. The Morgan fingerprint density at radius 3 is 1.78 bits per heavy atom. The molecular formula is C4H9CuF2O2. The first kappa shape index (κ1) is 11.6. The van der Waals surface area contributed by atoms with Crippen LogP contribution in [0.5, 0.6) is 0 Å². The number of carbonyl (C=O) groups is 1. The van der Waals surface area contributed by atoms with Crippen molar-refractivity contribution < 1.29 is 31.8 Å². The summed E-state index contributed by atoms with van der Waals surface area (Å²) in [7, 11) is 0. The van der Waals surface area contributed by atoms with E-state index >= 15 is 0 Å². The van der Waals surface area contributed by atoms with E-state index in [0.717, 1.165) is 6.92 Å². The van der Waals surface area contributed by atoms with E-state index in [9.17, 15) is 7.10 Å². The van der Waals surface area contributed by atoms with Crippen LogP contribution in [0.2, 0.25) is 5.32 Å². The number of hydrogen-bond acceptors (Lipinski definition) is 1. The summed E-state index contributed by atoms with van der Waals surface area (Å²) in [5.41, 5.74) is 0. The Kier molecular flexibility index (Phi) is 10.1. The molecule has 5 heteroatoms. The first-order valence-corrected chi connectivity index (χ1v) is 3.45. The first-order chi connectivity index (χ1) is 4.00. The number of aliphatic carboxylic acids is 1. The van der Waals surface area contributed by atoms with Gasteiger partial charge in [0, 0.05) is 6.92 Å². The molecule has 0 aromatic rings. The van der Waals surface area contributed by atoms with E-state index in [1.54, 1.807) is 0 Å². The van der Waals surface area contributed by atoms with Gasteiger partial charge in [-0.15, -0.1) is 0 Å². The molecule has 9 heavy (non-hydrogen) atoms.